The van der Waals surface area contributed by atoms with Gasteiger partial charge in [0.2, 0.25) is 5.79 Å². The molecule has 1 rings (SSSR count). The number of rotatable bonds is 2. The lowest BCUT2D eigenvalue weighted by Crippen LogP contribution is -2.38. The van der Waals surface area contributed by atoms with Crippen molar-refractivity contribution in [2.75, 3.05) is 14.2 Å². The van der Waals surface area contributed by atoms with Crippen LogP contribution in [0.5, 0.6) is 0 Å². The zero-order valence-electron chi connectivity index (χ0n) is 8.47. The third kappa shape index (κ3) is 1.45. The Hall–Kier alpha value is -0.930. The fraction of sp³-hybridized carbons (Fsp3) is 0.500. The molecule has 0 spiro atoms. The van der Waals surface area contributed by atoms with Crippen molar-refractivity contribution >= 4 is 5.71 Å². The van der Waals surface area contributed by atoms with Crippen LogP contribution in [0.15, 0.2) is 23.3 Å². The molecule has 1 aliphatic rings. The van der Waals surface area contributed by atoms with Gasteiger partial charge in [0.1, 0.15) is 0 Å². The first-order chi connectivity index (χ1) is 6.06. The molecule has 1 N–H and O–H groups in total. The van der Waals surface area contributed by atoms with E-state index in [1.807, 2.05) is 13.8 Å². The molecule has 3 nitrogen and oxygen atoms in total. The number of nitrogens with one attached hydrogen (secondary N) is 1. The van der Waals surface area contributed by atoms with Crippen molar-refractivity contribution in [2.45, 2.75) is 19.6 Å². The molecule has 0 aliphatic heterocycles. The molecular formula is C10H15NO2. The average molecular weight is 181 g/mol. The smallest absolute Gasteiger partial charge is 0.213 e. The molecule has 0 radical (unpaired) electrons. The minimum Gasteiger partial charge on any atom is -0.346 e. The van der Waals surface area contributed by atoms with Crippen molar-refractivity contribution in [1.82, 2.24) is 0 Å². The highest BCUT2D eigenvalue weighted by Crippen LogP contribution is 2.32. The maximum Gasteiger partial charge on any atom is 0.213 e. The zero-order valence-corrected chi connectivity index (χ0v) is 8.47. The summed E-state index contributed by atoms with van der Waals surface area (Å²) >= 11 is 0. The monoisotopic (exact) mass is 181 g/mol. The quantitative estimate of drug-likeness (QED) is 0.661. The highest BCUT2D eigenvalue weighted by atomic mass is 16.7. The largest absolute Gasteiger partial charge is 0.346 e. The predicted molar refractivity (Wildman–Crippen MR) is 52.0 cm³/mol. The Labute approximate surface area is 78.6 Å². The number of methoxy groups -OCH3 is 2. The Morgan fingerprint density at radius 1 is 1.08 bits per heavy atom. The SMILES string of the molecule is COC1(OC)C(C)=CC(=N)C=C1C. The van der Waals surface area contributed by atoms with Gasteiger partial charge in [0.25, 0.3) is 0 Å². The second-order valence-electron chi connectivity index (χ2n) is 3.13. The molecule has 72 valence electrons. The van der Waals surface area contributed by atoms with E-state index >= 15 is 0 Å². The van der Waals surface area contributed by atoms with Gasteiger partial charge in [-0.3, -0.25) is 0 Å². The van der Waals surface area contributed by atoms with Crippen LogP contribution < -0.4 is 0 Å². The van der Waals surface area contributed by atoms with E-state index in [2.05, 4.69) is 0 Å². The van der Waals surface area contributed by atoms with Crippen LogP contribution in [-0.2, 0) is 9.47 Å². The fourth-order valence-electron chi connectivity index (χ4n) is 1.74. The minimum absolute atomic E-state index is 0.486. The topological polar surface area (TPSA) is 42.3 Å². The Morgan fingerprint density at radius 2 is 1.46 bits per heavy atom. The molecule has 13 heavy (non-hydrogen) atoms. The first-order valence-electron chi connectivity index (χ1n) is 4.13. The third-order valence-corrected chi connectivity index (χ3v) is 2.36. The summed E-state index contributed by atoms with van der Waals surface area (Å²) in [5, 5.41) is 7.51. The van der Waals surface area contributed by atoms with Crippen LogP contribution in [0.25, 0.3) is 0 Å². The Balaban J connectivity index is 3.16. The number of allylic oxidation sites excluding steroid dienone is 2. The maximum absolute atomic E-state index is 7.51. The molecule has 0 bridgehead atoms. The van der Waals surface area contributed by atoms with Crippen molar-refractivity contribution in [2.24, 2.45) is 0 Å². The van der Waals surface area contributed by atoms with Gasteiger partial charge >= 0.3 is 0 Å². The van der Waals surface area contributed by atoms with Gasteiger partial charge < -0.3 is 14.9 Å². The summed E-state index contributed by atoms with van der Waals surface area (Å²) in [5.41, 5.74) is 2.30. The normalized spacial score (nSPS) is 21.1. The van der Waals surface area contributed by atoms with Crippen LogP contribution >= 0.6 is 0 Å². The van der Waals surface area contributed by atoms with Gasteiger partial charge in [-0.05, 0) is 37.1 Å². The highest BCUT2D eigenvalue weighted by Gasteiger charge is 2.36. The number of ether oxygens (including phenoxy) is 2. The third-order valence-electron chi connectivity index (χ3n) is 2.36. The van der Waals surface area contributed by atoms with Gasteiger partial charge in [-0.2, -0.15) is 0 Å². The van der Waals surface area contributed by atoms with Crippen molar-refractivity contribution < 1.29 is 9.47 Å². The molecule has 0 amide bonds. The average Bonchev–Trinajstić information content (AvgIpc) is 2.05. The van der Waals surface area contributed by atoms with Gasteiger partial charge in [-0.25, -0.2) is 0 Å². The van der Waals surface area contributed by atoms with E-state index in [0.717, 1.165) is 11.1 Å². The van der Waals surface area contributed by atoms with Gasteiger partial charge in [0, 0.05) is 14.2 Å². The van der Waals surface area contributed by atoms with E-state index < -0.39 is 5.79 Å². The molecule has 0 aromatic heterocycles. The van der Waals surface area contributed by atoms with Crippen molar-refractivity contribution in [3.05, 3.63) is 23.3 Å². The predicted octanol–water partition coefficient (Wildman–Crippen LogP) is 1.90. The molecule has 0 saturated carbocycles. The lowest BCUT2D eigenvalue weighted by Gasteiger charge is -2.35. The van der Waals surface area contributed by atoms with Gasteiger partial charge in [-0.15, -0.1) is 0 Å². The summed E-state index contributed by atoms with van der Waals surface area (Å²) in [6, 6.07) is 0. The molecule has 0 saturated heterocycles. The Bertz CT molecular complexity index is 261. The Morgan fingerprint density at radius 3 is 1.77 bits per heavy atom. The molecule has 0 atom stereocenters. The van der Waals surface area contributed by atoms with Crippen LogP contribution in [-0.4, -0.2) is 25.7 Å². The van der Waals surface area contributed by atoms with Crippen molar-refractivity contribution in [3.63, 3.8) is 0 Å². The van der Waals surface area contributed by atoms with Gasteiger partial charge in [0.15, 0.2) is 0 Å². The van der Waals surface area contributed by atoms with E-state index in [0.29, 0.717) is 5.71 Å². The summed E-state index contributed by atoms with van der Waals surface area (Å²) in [7, 11) is 3.21. The molecule has 0 aromatic carbocycles. The van der Waals surface area contributed by atoms with Crippen LogP contribution in [0, 0.1) is 5.41 Å². The molecule has 0 fully saturated rings. The van der Waals surface area contributed by atoms with Crippen LogP contribution in [0.3, 0.4) is 0 Å². The first-order valence-corrected chi connectivity index (χ1v) is 4.13. The first kappa shape index (κ1) is 10.2. The Kier molecular flexibility index (Phi) is 2.68. The molecule has 0 aromatic rings. The van der Waals surface area contributed by atoms with E-state index in [1.165, 1.54) is 0 Å². The van der Waals surface area contributed by atoms with E-state index in [-0.39, 0.29) is 0 Å². The van der Waals surface area contributed by atoms with Crippen molar-refractivity contribution in [1.29, 1.82) is 5.41 Å². The van der Waals surface area contributed by atoms with Crippen molar-refractivity contribution in [3.8, 4) is 0 Å². The lowest BCUT2D eigenvalue weighted by atomic mass is 9.92. The number of hydrogen-bond acceptors (Lipinski definition) is 3. The molecule has 0 unspecified atom stereocenters. The van der Waals surface area contributed by atoms with E-state index in [4.69, 9.17) is 14.9 Å². The van der Waals surface area contributed by atoms with Gasteiger partial charge in [-0.1, -0.05) is 0 Å². The second-order valence-corrected chi connectivity index (χ2v) is 3.13. The summed E-state index contributed by atoms with van der Waals surface area (Å²) in [4.78, 5) is 0. The molecule has 1 aliphatic carbocycles. The van der Waals surface area contributed by atoms with Crippen LogP contribution in [0.2, 0.25) is 0 Å². The summed E-state index contributed by atoms with van der Waals surface area (Å²) < 4.78 is 10.7. The molecule has 0 heterocycles. The van der Waals surface area contributed by atoms with E-state index in [9.17, 15) is 0 Å². The molecule has 3 heteroatoms. The molecular weight excluding hydrogens is 166 g/mol. The second kappa shape index (κ2) is 3.44. The number of hydrogen-bond donors (Lipinski definition) is 1. The lowest BCUT2D eigenvalue weighted by molar-refractivity contribution is -0.150. The summed E-state index contributed by atoms with van der Waals surface area (Å²) in [5.74, 6) is -0.759. The standard InChI is InChI=1S/C10H15NO2/c1-7-5-9(11)6-8(2)10(7,12-3)13-4/h5-6,11H,1-4H3. The summed E-state index contributed by atoms with van der Waals surface area (Å²) in [6.45, 7) is 3.80. The highest BCUT2D eigenvalue weighted by molar-refractivity contribution is 6.04. The van der Waals surface area contributed by atoms with Crippen LogP contribution in [0.1, 0.15) is 13.8 Å². The fourth-order valence-corrected chi connectivity index (χ4v) is 1.74. The van der Waals surface area contributed by atoms with Crippen LogP contribution in [0.4, 0.5) is 0 Å². The van der Waals surface area contributed by atoms with Gasteiger partial charge in [0.05, 0.1) is 5.71 Å². The van der Waals surface area contributed by atoms with E-state index in [1.54, 1.807) is 26.4 Å². The maximum atomic E-state index is 7.51. The summed E-state index contributed by atoms with van der Waals surface area (Å²) in [6.07, 6.45) is 3.50. The zero-order chi connectivity index (χ0) is 10.1. The minimum atomic E-state index is -0.759.